The molecule has 0 atom stereocenters. The molecule has 0 radical (unpaired) electrons. The Hall–Kier alpha value is -2.47. The number of para-hydroxylation sites is 2. The monoisotopic (exact) mass is 336 g/mol. The quantitative estimate of drug-likeness (QED) is 0.421. The Balaban J connectivity index is 2.20. The fourth-order valence-electron chi connectivity index (χ4n) is 3.01. The minimum atomic E-state index is 0.449. The predicted molar refractivity (Wildman–Crippen MR) is 95.5 cm³/mol. The number of rotatable bonds is 1. The highest BCUT2D eigenvalue weighted by Gasteiger charge is 2.17. The van der Waals surface area contributed by atoms with Gasteiger partial charge in [-0.25, -0.2) is 0 Å². The first-order chi connectivity index (χ1) is 11.2. The maximum atomic E-state index is 9.08. The average molecular weight is 337 g/mol. The summed E-state index contributed by atoms with van der Waals surface area (Å²) in [5.74, 6) is 0. The second-order valence-corrected chi connectivity index (χ2v) is 6.08. The van der Waals surface area contributed by atoms with Gasteiger partial charge in [-0.3, -0.25) is 0 Å². The summed E-state index contributed by atoms with van der Waals surface area (Å²) in [5.41, 5.74) is 3.21. The van der Waals surface area contributed by atoms with Crippen molar-refractivity contribution in [2.75, 3.05) is 0 Å². The lowest BCUT2D eigenvalue weighted by atomic mass is 10.2. The highest BCUT2D eigenvalue weighted by atomic mass is 35.5. The molecule has 0 aliphatic carbocycles. The van der Waals surface area contributed by atoms with E-state index in [2.05, 4.69) is 22.8 Å². The molecule has 0 aliphatic rings. The van der Waals surface area contributed by atoms with E-state index in [1.165, 1.54) is 0 Å². The van der Waals surface area contributed by atoms with Crippen LogP contribution in [0.4, 0.5) is 0 Å². The van der Waals surface area contributed by atoms with Crippen molar-refractivity contribution in [1.82, 2.24) is 4.57 Å². The van der Waals surface area contributed by atoms with Crippen LogP contribution in [0.2, 0.25) is 10.0 Å². The second-order valence-electron chi connectivity index (χ2n) is 5.27. The van der Waals surface area contributed by atoms with E-state index in [4.69, 9.17) is 28.5 Å². The third kappa shape index (κ3) is 2.09. The van der Waals surface area contributed by atoms with E-state index in [0.717, 1.165) is 21.8 Å². The van der Waals surface area contributed by atoms with Gasteiger partial charge in [-0.1, -0.05) is 59.6 Å². The Labute approximate surface area is 143 Å². The van der Waals surface area contributed by atoms with Crippen molar-refractivity contribution in [3.05, 3.63) is 76.3 Å². The molecule has 0 unspecified atom stereocenters. The molecule has 23 heavy (non-hydrogen) atoms. The molecule has 0 saturated carbocycles. The smallest absolute Gasteiger partial charge is 0.0992 e. The summed E-state index contributed by atoms with van der Waals surface area (Å²) in [4.78, 5) is 0. The van der Waals surface area contributed by atoms with Crippen LogP contribution in [0.5, 0.6) is 0 Å². The van der Waals surface area contributed by atoms with Crippen molar-refractivity contribution in [3.8, 4) is 11.8 Å². The molecule has 0 spiro atoms. The van der Waals surface area contributed by atoms with Crippen molar-refractivity contribution in [3.63, 3.8) is 0 Å². The van der Waals surface area contributed by atoms with Gasteiger partial charge in [0.15, 0.2) is 0 Å². The van der Waals surface area contributed by atoms with Crippen LogP contribution in [0, 0.1) is 11.3 Å². The average Bonchev–Trinajstić information content (AvgIpc) is 2.89. The number of hydrogen-bond acceptors (Lipinski definition) is 1. The van der Waals surface area contributed by atoms with E-state index in [-0.39, 0.29) is 0 Å². The zero-order valence-corrected chi connectivity index (χ0v) is 13.4. The SMILES string of the molecule is N#Cc1cc(Cl)c(-n2c3ccccc3c3ccccc32)c(Cl)c1. The summed E-state index contributed by atoms with van der Waals surface area (Å²) in [7, 11) is 0. The van der Waals surface area contributed by atoms with Crippen LogP contribution in [0.3, 0.4) is 0 Å². The number of hydrogen-bond donors (Lipinski definition) is 0. The van der Waals surface area contributed by atoms with Crippen molar-refractivity contribution >= 4 is 45.0 Å². The summed E-state index contributed by atoms with van der Waals surface area (Å²) in [6.07, 6.45) is 0. The fraction of sp³-hybridized carbons (Fsp3) is 0. The number of halogens is 2. The highest BCUT2D eigenvalue weighted by molar-refractivity contribution is 6.38. The first-order valence-corrected chi connectivity index (χ1v) is 7.84. The van der Waals surface area contributed by atoms with Gasteiger partial charge in [0, 0.05) is 10.8 Å². The molecule has 0 aliphatic heterocycles. The largest absolute Gasteiger partial charge is 0.306 e. The van der Waals surface area contributed by atoms with Gasteiger partial charge < -0.3 is 4.57 Å². The van der Waals surface area contributed by atoms with Gasteiger partial charge in [-0.15, -0.1) is 0 Å². The van der Waals surface area contributed by atoms with Crippen LogP contribution in [0.25, 0.3) is 27.5 Å². The molecule has 2 nitrogen and oxygen atoms in total. The Bertz CT molecular complexity index is 1030. The molecule has 0 saturated heterocycles. The molecule has 110 valence electrons. The maximum absolute atomic E-state index is 9.08. The highest BCUT2D eigenvalue weighted by Crippen LogP contribution is 2.37. The second kappa shape index (κ2) is 5.31. The molecule has 0 fully saturated rings. The summed E-state index contributed by atoms with van der Waals surface area (Å²) < 4.78 is 2.05. The Morgan fingerprint density at radius 3 is 1.74 bits per heavy atom. The van der Waals surface area contributed by atoms with Gasteiger partial charge in [0.2, 0.25) is 0 Å². The summed E-state index contributed by atoms with van der Waals surface area (Å²) in [5, 5.41) is 12.3. The lowest BCUT2D eigenvalue weighted by Crippen LogP contribution is -1.97. The first kappa shape index (κ1) is 14.1. The molecule has 0 N–H and O–H groups in total. The minimum absolute atomic E-state index is 0.449. The van der Waals surface area contributed by atoms with Crippen LogP contribution in [-0.4, -0.2) is 4.57 Å². The number of benzene rings is 3. The molecule has 4 rings (SSSR count). The molecule has 0 amide bonds. The third-order valence-corrected chi connectivity index (χ3v) is 4.53. The van der Waals surface area contributed by atoms with Crippen LogP contribution in [0.15, 0.2) is 60.7 Å². The predicted octanol–water partition coefficient (Wildman–Crippen LogP) is 5.96. The molecule has 1 aromatic heterocycles. The normalized spacial score (nSPS) is 11.0. The Morgan fingerprint density at radius 1 is 0.783 bits per heavy atom. The van der Waals surface area contributed by atoms with Gasteiger partial charge >= 0.3 is 0 Å². The standard InChI is InChI=1S/C19H10Cl2N2/c20-15-9-12(11-22)10-16(21)19(15)23-17-7-3-1-5-13(17)14-6-2-4-8-18(14)23/h1-10H. The first-order valence-electron chi connectivity index (χ1n) is 7.08. The number of aromatic nitrogens is 1. The van der Waals surface area contributed by atoms with Crippen molar-refractivity contribution < 1.29 is 0 Å². The Kier molecular flexibility index (Phi) is 3.27. The van der Waals surface area contributed by atoms with Crippen LogP contribution in [-0.2, 0) is 0 Å². The molecule has 0 bridgehead atoms. The van der Waals surface area contributed by atoms with Gasteiger partial charge in [-0.2, -0.15) is 5.26 Å². The van der Waals surface area contributed by atoms with Gasteiger partial charge in [0.25, 0.3) is 0 Å². The topological polar surface area (TPSA) is 28.7 Å². The summed E-state index contributed by atoms with van der Waals surface area (Å²) >= 11 is 12.9. The zero-order chi connectivity index (χ0) is 16.0. The van der Waals surface area contributed by atoms with Crippen molar-refractivity contribution in [2.45, 2.75) is 0 Å². The molecular weight excluding hydrogens is 327 g/mol. The van der Waals surface area contributed by atoms with Gasteiger partial charge in [0.1, 0.15) is 0 Å². The van der Waals surface area contributed by atoms with E-state index in [1.807, 2.05) is 36.4 Å². The summed E-state index contributed by atoms with van der Waals surface area (Å²) in [6, 6.07) is 21.6. The molecule has 3 aromatic carbocycles. The molecular formula is C19H10Cl2N2. The van der Waals surface area contributed by atoms with Crippen molar-refractivity contribution in [1.29, 1.82) is 5.26 Å². The van der Waals surface area contributed by atoms with E-state index in [1.54, 1.807) is 12.1 Å². The van der Waals surface area contributed by atoms with Crippen LogP contribution in [0.1, 0.15) is 5.56 Å². The zero-order valence-electron chi connectivity index (χ0n) is 11.9. The molecule has 4 aromatic rings. The van der Waals surface area contributed by atoms with E-state index < -0.39 is 0 Å². The van der Waals surface area contributed by atoms with Gasteiger partial charge in [-0.05, 0) is 24.3 Å². The lowest BCUT2D eigenvalue weighted by Gasteiger charge is -2.12. The fourth-order valence-corrected chi connectivity index (χ4v) is 3.66. The van der Waals surface area contributed by atoms with Crippen molar-refractivity contribution in [2.24, 2.45) is 0 Å². The van der Waals surface area contributed by atoms with Crippen LogP contribution < -0.4 is 0 Å². The number of fused-ring (bicyclic) bond motifs is 3. The Morgan fingerprint density at radius 2 is 1.26 bits per heavy atom. The molecule has 1 heterocycles. The van der Waals surface area contributed by atoms with Gasteiger partial charge in [0.05, 0.1) is 38.4 Å². The van der Waals surface area contributed by atoms with E-state index >= 15 is 0 Å². The lowest BCUT2D eigenvalue weighted by molar-refractivity contribution is 1.18. The summed E-state index contributed by atoms with van der Waals surface area (Å²) in [6.45, 7) is 0. The van der Waals surface area contributed by atoms with E-state index in [0.29, 0.717) is 21.3 Å². The number of nitriles is 1. The van der Waals surface area contributed by atoms with Crippen LogP contribution >= 0.6 is 23.2 Å². The maximum Gasteiger partial charge on any atom is 0.0992 e. The number of nitrogens with zero attached hydrogens (tertiary/aromatic N) is 2. The molecule has 4 heteroatoms. The minimum Gasteiger partial charge on any atom is -0.306 e. The van der Waals surface area contributed by atoms with E-state index in [9.17, 15) is 0 Å². The third-order valence-electron chi connectivity index (χ3n) is 3.95.